The molecule has 0 unspecified atom stereocenters. The third kappa shape index (κ3) is 2.43. The zero-order valence-corrected chi connectivity index (χ0v) is 10.6. The van der Waals surface area contributed by atoms with Crippen molar-refractivity contribution < 1.29 is 9.90 Å². The Bertz CT molecular complexity index is 585. The second-order valence-corrected chi connectivity index (χ2v) is 4.33. The van der Waals surface area contributed by atoms with Crippen LogP contribution >= 0.6 is 0 Å². The molecule has 0 aliphatic carbocycles. The molecule has 92 valence electrons. The molecular weight excluding hydrogens is 224 g/mol. The summed E-state index contributed by atoms with van der Waals surface area (Å²) in [4.78, 5) is 11.5. The summed E-state index contributed by atoms with van der Waals surface area (Å²) < 4.78 is 0. The van der Waals surface area contributed by atoms with Gasteiger partial charge in [0.1, 0.15) is 5.75 Å². The lowest BCUT2D eigenvalue weighted by atomic mass is 9.96. The average Bonchev–Trinajstić information content (AvgIpc) is 2.37. The lowest BCUT2D eigenvalue weighted by molar-refractivity contribution is 0.101. The largest absolute Gasteiger partial charge is 0.508 e. The monoisotopic (exact) mass is 240 g/mol. The summed E-state index contributed by atoms with van der Waals surface area (Å²) in [6.45, 7) is 3.62. The Kier molecular flexibility index (Phi) is 3.47. The molecule has 0 bridgehead atoms. The number of benzene rings is 2. The van der Waals surface area contributed by atoms with E-state index in [1.165, 1.54) is 0 Å². The predicted molar refractivity (Wildman–Crippen MR) is 72.9 cm³/mol. The fourth-order valence-corrected chi connectivity index (χ4v) is 2.09. The van der Waals surface area contributed by atoms with Crippen molar-refractivity contribution in [2.45, 2.75) is 20.3 Å². The SMILES string of the molecule is CCc1cc(-c2cccc(O)c2)ccc1C(C)=O. The molecule has 2 nitrogen and oxygen atoms in total. The maximum absolute atomic E-state index is 11.5. The molecule has 0 fully saturated rings. The van der Waals surface area contributed by atoms with Crippen LogP contribution in [0.4, 0.5) is 0 Å². The van der Waals surface area contributed by atoms with E-state index in [9.17, 15) is 9.90 Å². The Morgan fingerprint density at radius 1 is 1.11 bits per heavy atom. The molecule has 0 saturated carbocycles. The quantitative estimate of drug-likeness (QED) is 0.828. The number of phenolic OH excluding ortho intramolecular Hbond substituents is 1. The molecule has 0 radical (unpaired) electrons. The molecule has 1 N–H and O–H groups in total. The summed E-state index contributed by atoms with van der Waals surface area (Å²) in [5.41, 5.74) is 3.80. The highest BCUT2D eigenvalue weighted by Crippen LogP contribution is 2.25. The standard InChI is InChI=1S/C16H16O2/c1-3-12-9-14(7-8-16(12)11(2)17)13-5-4-6-15(18)10-13/h4-10,18H,3H2,1-2H3. The molecule has 0 aromatic heterocycles. The van der Waals surface area contributed by atoms with Crippen LogP contribution in [-0.4, -0.2) is 10.9 Å². The highest BCUT2D eigenvalue weighted by Gasteiger charge is 2.07. The van der Waals surface area contributed by atoms with Gasteiger partial charge < -0.3 is 5.11 Å². The molecule has 0 aliphatic heterocycles. The lowest BCUT2D eigenvalue weighted by Gasteiger charge is -2.08. The molecule has 0 saturated heterocycles. The Labute approximate surface area is 107 Å². The number of carbonyl (C=O) groups is 1. The second-order valence-electron chi connectivity index (χ2n) is 4.33. The van der Waals surface area contributed by atoms with E-state index in [1.54, 1.807) is 19.1 Å². The summed E-state index contributed by atoms with van der Waals surface area (Å²) in [6.07, 6.45) is 0.821. The first-order valence-electron chi connectivity index (χ1n) is 6.05. The summed E-state index contributed by atoms with van der Waals surface area (Å²) in [5.74, 6) is 0.343. The first-order valence-corrected chi connectivity index (χ1v) is 6.05. The van der Waals surface area contributed by atoms with Gasteiger partial charge in [0, 0.05) is 5.56 Å². The van der Waals surface area contributed by atoms with E-state index in [1.807, 2.05) is 37.3 Å². The molecular formula is C16H16O2. The number of aromatic hydroxyl groups is 1. The lowest BCUT2D eigenvalue weighted by Crippen LogP contribution is -1.98. The summed E-state index contributed by atoms with van der Waals surface area (Å²) in [6, 6.07) is 12.9. The van der Waals surface area contributed by atoms with E-state index in [2.05, 4.69) is 0 Å². The van der Waals surface area contributed by atoms with Crippen LogP contribution in [0.15, 0.2) is 42.5 Å². The highest BCUT2D eigenvalue weighted by molar-refractivity contribution is 5.96. The molecule has 0 aliphatic rings. The van der Waals surface area contributed by atoms with Crippen LogP contribution in [0.5, 0.6) is 5.75 Å². The number of hydrogen-bond acceptors (Lipinski definition) is 2. The van der Waals surface area contributed by atoms with Crippen LogP contribution in [0.3, 0.4) is 0 Å². The third-order valence-electron chi connectivity index (χ3n) is 3.04. The Morgan fingerprint density at radius 3 is 2.44 bits per heavy atom. The topological polar surface area (TPSA) is 37.3 Å². The van der Waals surface area contributed by atoms with Crippen molar-refractivity contribution in [3.63, 3.8) is 0 Å². The maximum atomic E-state index is 11.5. The number of Topliss-reactive ketones (excluding diaryl/α,β-unsaturated/α-hetero) is 1. The zero-order chi connectivity index (χ0) is 13.1. The second kappa shape index (κ2) is 5.05. The van der Waals surface area contributed by atoms with Crippen LogP contribution in [-0.2, 0) is 6.42 Å². The van der Waals surface area contributed by atoms with E-state index in [0.29, 0.717) is 0 Å². The first-order chi connectivity index (χ1) is 8.61. The molecule has 2 aromatic carbocycles. The number of phenols is 1. The smallest absolute Gasteiger partial charge is 0.160 e. The molecule has 0 spiro atoms. The first kappa shape index (κ1) is 12.4. The van der Waals surface area contributed by atoms with Gasteiger partial charge in [-0.2, -0.15) is 0 Å². The van der Waals surface area contributed by atoms with Crippen LogP contribution in [0, 0.1) is 0 Å². The van der Waals surface area contributed by atoms with Gasteiger partial charge in [0.2, 0.25) is 0 Å². The van der Waals surface area contributed by atoms with Crippen LogP contribution < -0.4 is 0 Å². The molecule has 0 amide bonds. The van der Waals surface area contributed by atoms with Gasteiger partial charge in [-0.1, -0.05) is 37.3 Å². The minimum Gasteiger partial charge on any atom is -0.508 e. The van der Waals surface area contributed by atoms with E-state index < -0.39 is 0 Å². The van der Waals surface area contributed by atoms with Crippen molar-refractivity contribution in [3.05, 3.63) is 53.6 Å². The normalized spacial score (nSPS) is 10.3. The minimum atomic E-state index is 0.0920. The van der Waals surface area contributed by atoms with Crippen LogP contribution in [0.2, 0.25) is 0 Å². The van der Waals surface area contributed by atoms with Gasteiger partial charge >= 0.3 is 0 Å². The summed E-state index contributed by atoms with van der Waals surface area (Å²) in [7, 11) is 0. The minimum absolute atomic E-state index is 0.0920. The number of aryl methyl sites for hydroxylation is 1. The van der Waals surface area contributed by atoms with Crippen molar-refractivity contribution in [1.29, 1.82) is 0 Å². The van der Waals surface area contributed by atoms with Gasteiger partial charge in [0.05, 0.1) is 0 Å². The number of carbonyl (C=O) groups excluding carboxylic acids is 1. The van der Waals surface area contributed by atoms with Crippen LogP contribution in [0.25, 0.3) is 11.1 Å². The van der Waals surface area contributed by atoms with Crippen molar-refractivity contribution in [3.8, 4) is 16.9 Å². The van der Waals surface area contributed by atoms with Crippen molar-refractivity contribution >= 4 is 5.78 Å². The fourth-order valence-electron chi connectivity index (χ4n) is 2.09. The van der Waals surface area contributed by atoms with Crippen molar-refractivity contribution in [1.82, 2.24) is 0 Å². The Hall–Kier alpha value is -2.09. The Morgan fingerprint density at radius 2 is 1.83 bits per heavy atom. The van der Waals surface area contributed by atoms with Gasteiger partial charge in [0.15, 0.2) is 5.78 Å². The predicted octanol–water partition coefficient (Wildman–Crippen LogP) is 3.82. The van der Waals surface area contributed by atoms with E-state index in [0.717, 1.165) is 28.7 Å². The molecule has 2 rings (SSSR count). The van der Waals surface area contributed by atoms with Crippen molar-refractivity contribution in [2.24, 2.45) is 0 Å². The van der Waals surface area contributed by atoms with Gasteiger partial charge in [-0.15, -0.1) is 0 Å². The van der Waals surface area contributed by atoms with Gasteiger partial charge in [0.25, 0.3) is 0 Å². The maximum Gasteiger partial charge on any atom is 0.160 e. The van der Waals surface area contributed by atoms with Crippen molar-refractivity contribution in [2.75, 3.05) is 0 Å². The fraction of sp³-hybridized carbons (Fsp3) is 0.188. The van der Waals surface area contributed by atoms with E-state index >= 15 is 0 Å². The highest BCUT2D eigenvalue weighted by atomic mass is 16.3. The summed E-state index contributed by atoms with van der Waals surface area (Å²) in [5, 5.41) is 9.49. The van der Waals surface area contributed by atoms with Gasteiger partial charge in [-0.3, -0.25) is 4.79 Å². The third-order valence-corrected chi connectivity index (χ3v) is 3.04. The average molecular weight is 240 g/mol. The number of rotatable bonds is 3. The van der Waals surface area contributed by atoms with E-state index in [4.69, 9.17) is 0 Å². The molecule has 0 heterocycles. The molecule has 18 heavy (non-hydrogen) atoms. The zero-order valence-electron chi connectivity index (χ0n) is 10.6. The van der Waals surface area contributed by atoms with E-state index in [-0.39, 0.29) is 11.5 Å². The van der Waals surface area contributed by atoms with Crippen LogP contribution in [0.1, 0.15) is 29.8 Å². The number of ketones is 1. The summed E-state index contributed by atoms with van der Waals surface area (Å²) >= 11 is 0. The Balaban J connectivity index is 2.51. The van der Waals surface area contributed by atoms with Gasteiger partial charge in [-0.25, -0.2) is 0 Å². The van der Waals surface area contributed by atoms with Gasteiger partial charge in [-0.05, 0) is 42.2 Å². The number of hydrogen-bond donors (Lipinski definition) is 1. The molecule has 0 atom stereocenters. The molecule has 2 heteroatoms. The molecule has 2 aromatic rings.